The Hall–Kier alpha value is -2.39. The summed E-state index contributed by atoms with van der Waals surface area (Å²) >= 11 is 0. The van der Waals surface area contributed by atoms with E-state index in [0.29, 0.717) is 19.0 Å². The maximum absolute atomic E-state index is 11.1. The molecule has 0 aliphatic rings. The number of sulfonamides is 1. The molecule has 1 unspecified atom stereocenters. The number of hydrogen-bond acceptors (Lipinski definition) is 4. The standard InChI is InChI=1S/C17H26N6O2S/c1-4-18-17(19-10-11-21-26(3,24)25)22-14(2)15-7-5-8-16(13-15)23-12-6-9-20-23/h5-9,12-14,21H,4,10-11H2,1-3H3,(H2,18,19,22). The fraction of sp³-hybridized carbons (Fsp3) is 0.412. The zero-order chi connectivity index (χ0) is 19.0. The number of hydrogen-bond donors (Lipinski definition) is 3. The number of aliphatic imine (C=N–C) groups is 1. The zero-order valence-corrected chi connectivity index (χ0v) is 16.1. The molecule has 1 aromatic carbocycles. The van der Waals surface area contributed by atoms with Gasteiger partial charge in [0.15, 0.2) is 5.96 Å². The third-order valence-corrected chi connectivity index (χ3v) is 4.31. The highest BCUT2D eigenvalue weighted by Crippen LogP contribution is 2.16. The monoisotopic (exact) mass is 378 g/mol. The van der Waals surface area contributed by atoms with Crippen LogP contribution in [0, 0.1) is 0 Å². The first-order valence-electron chi connectivity index (χ1n) is 8.48. The lowest BCUT2D eigenvalue weighted by atomic mass is 10.1. The topological polar surface area (TPSA) is 100 Å². The molecular weight excluding hydrogens is 352 g/mol. The van der Waals surface area contributed by atoms with E-state index in [2.05, 4.69) is 31.5 Å². The molecule has 8 nitrogen and oxygen atoms in total. The smallest absolute Gasteiger partial charge is 0.208 e. The second kappa shape index (κ2) is 9.35. The minimum atomic E-state index is -3.20. The van der Waals surface area contributed by atoms with Gasteiger partial charge in [-0.3, -0.25) is 4.99 Å². The molecule has 0 saturated carbocycles. The van der Waals surface area contributed by atoms with Crippen molar-refractivity contribution in [2.45, 2.75) is 19.9 Å². The van der Waals surface area contributed by atoms with Crippen LogP contribution in [-0.2, 0) is 10.0 Å². The second-order valence-electron chi connectivity index (χ2n) is 5.84. The molecule has 142 valence electrons. The van der Waals surface area contributed by atoms with E-state index in [1.807, 2.05) is 49.0 Å². The summed E-state index contributed by atoms with van der Waals surface area (Å²) in [5, 5.41) is 10.8. The van der Waals surface area contributed by atoms with Gasteiger partial charge in [-0.1, -0.05) is 12.1 Å². The number of benzene rings is 1. The normalized spacial score (nSPS) is 13.4. The molecule has 0 aliphatic carbocycles. The molecule has 2 aromatic rings. The molecule has 0 saturated heterocycles. The van der Waals surface area contributed by atoms with Crippen LogP contribution < -0.4 is 15.4 Å². The van der Waals surface area contributed by atoms with Crippen molar-refractivity contribution in [3.63, 3.8) is 0 Å². The van der Waals surface area contributed by atoms with Gasteiger partial charge in [-0.2, -0.15) is 5.10 Å². The Kier molecular flexibility index (Phi) is 7.16. The number of nitrogens with zero attached hydrogens (tertiary/aromatic N) is 3. The average molecular weight is 379 g/mol. The summed E-state index contributed by atoms with van der Waals surface area (Å²) in [7, 11) is -3.20. The third kappa shape index (κ3) is 6.49. The van der Waals surface area contributed by atoms with Gasteiger partial charge in [0.05, 0.1) is 24.5 Å². The summed E-state index contributed by atoms with van der Waals surface area (Å²) in [6.45, 7) is 5.35. The summed E-state index contributed by atoms with van der Waals surface area (Å²) in [5.74, 6) is 0.639. The molecule has 2 rings (SSSR count). The van der Waals surface area contributed by atoms with E-state index in [1.165, 1.54) is 0 Å². The van der Waals surface area contributed by atoms with Gasteiger partial charge in [-0.25, -0.2) is 17.8 Å². The molecule has 0 amide bonds. The maximum atomic E-state index is 11.1. The number of aromatic nitrogens is 2. The van der Waals surface area contributed by atoms with E-state index >= 15 is 0 Å². The molecule has 0 spiro atoms. The van der Waals surface area contributed by atoms with Crippen LogP contribution in [0.25, 0.3) is 5.69 Å². The van der Waals surface area contributed by atoms with Gasteiger partial charge in [0.1, 0.15) is 0 Å². The van der Waals surface area contributed by atoms with Gasteiger partial charge < -0.3 is 10.6 Å². The van der Waals surface area contributed by atoms with E-state index in [-0.39, 0.29) is 12.6 Å². The van der Waals surface area contributed by atoms with Gasteiger partial charge in [0.25, 0.3) is 0 Å². The van der Waals surface area contributed by atoms with Crippen molar-refractivity contribution in [1.82, 2.24) is 25.1 Å². The van der Waals surface area contributed by atoms with Gasteiger partial charge in [-0.05, 0) is 37.6 Å². The lowest BCUT2D eigenvalue weighted by molar-refractivity contribution is 0.588. The Bertz CT molecular complexity index is 818. The molecule has 1 aromatic heterocycles. The lowest BCUT2D eigenvalue weighted by Gasteiger charge is -2.19. The highest BCUT2D eigenvalue weighted by molar-refractivity contribution is 7.88. The second-order valence-corrected chi connectivity index (χ2v) is 7.67. The Morgan fingerprint density at radius 3 is 2.81 bits per heavy atom. The van der Waals surface area contributed by atoms with Crippen LogP contribution in [0.3, 0.4) is 0 Å². The molecule has 0 radical (unpaired) electrons. The molecular formula is C17H26N6O2S. The SMILES string of the molecule is CCNC(=NCCNS(C)(=O)=O)NC(C)c1cccc(-n2cccn2)c1. The Morgan fingerprint density at radius 1 is 1.35 bits per heavy atom. The van der Waals surface area contributed by atoms with Crippen LogP contribution in [0.1, 0.15) is 25.5 Å². The number of rotatable bonds is 8. The first kappa shape index (κ1) is 19.9. The van der Waals surface area contributed by atoms with Crippen LogP contribution >= 0.6 is 0 Å². The highest BCUT2D eigenvalue weighted by Gasteiger charge is 2.09. The van der Waals surface area contributed by atoms with Crippen molar-refractivity contribution >= 4 is 16.0 Å². The summed E-state index contributed by atoms with van der Waals surface area (Å²) in [4.78, 5) is 4.40. The van der Waals surface area contributed by atoms with Crippen LogP contribution in [0.4, 0.5) is 0 Å². The molecule has 26 heavy (non-hydrogen) atoms. The fourth-order valence-electron chi connectivity index (χ4n) is 2.37. The van der Waals surface area contributed by atoms with Crippen molar-refractivity contribution in [1.29, 1.82) is 0 Å². The van der Waals surface area contributed by atoms with Crippen LogP contribution in [0.15, 0.2) is 47.7 Å². The molecule has 3 N–H and O–H groups in total. The largest absolute Gasteiger partial charge is 0.357 e. The molecule has 1 heterocycles. The maximum Gasteiger partial charge on any atom is 0.208 e. The molecule has 0 bridgehead atoms. The predicted octanol–water partition coefficient (Wildman–Crippen LogP) is 1.04. The number of nitrogens with one attached hydrogen (secondary N) is 3. The van der Waals surface area contributed by atoms with Crippen molar-refractivity contribution in [3.05, 3.63) is 48.3 Å². The highest BCUT2D eigenvalue weighted by atomic mass is 32.2. The van der Waals surface area contributed by atoms with E-state index < -0.39 is 10.0 Å². The van der Waals surface area contributed by atoms with Gasteiger partial charge in [0.2, 0.25) is 10.0 Å². The van der Waals surface area contributed by atoms with Crippen LogP contribution in [0.2, 0.25) is 0 Å². The van der Waals surface area contributed by atoms with Gasteiger partial charge in [-0.15, -0.1) is 0 Å². The first-order valence-corrected chi connectivity index (χ1v) is 10.4. The van der Waals surface area contributed by atoms with Gasteiger partial charge >= 0.3 is 0 Å². The van der Waals surface area contributed by atoms with Crippen molar-refractivity contribution < 1.29 is 8.42 Å². The first-order chi connectivity index (χ1) is 12.4. The molecule has 0 aliphatic heterocycles. The van der Waals surface area contributed by atoms with E-state index in [0.717, 1.165) is 17.5 Å². The minimum absolute atomic E-state index is 0.0196. The van der Waals surface area contributed by atoms with E-state index in [4.69, 9.17) is 0 Å². The number of guanidine groups is 1. The summed E-state index contributed by atoms with van der Waals surface area (Å²) in [6.07, 6.45) is 4.78. The van der Waals surface area contributed by atoms with E-state index in [9.17, 15) is 8.42 Å². The summed E-state index contributed by atoms with van der Waals surface area (Å²) in [6, 6.07) is 10.0. The van der Waals surface area contributed by atoms with Gasteiger partial charge in [0, 0.05) is 25.5 Å². The summed E-state index contributed by atoms with van der Waals surface area (Å²) < 4.78 is 26.4. The Morgan fingerprint density at radius 2 is 2.15 bits per heavy atom. The lowest BCUT2D eigenvalue weighted by Crippen LogP contribution is -2.39. The van der Waals surface area contributed by atoms with Crippen molar-refractivity contribution in [2.24, 2.45) is 4.99 Å². The minimum Gasteiger partial charge on any atom is -0.357 e. The molecule has 0 fully saturated rings. The molecule has 1 atom stereocenters. The van der Waals surface area contributed by atoms with E-state index in [1.54, 1.807) is 6.20 Å². The third-order valence-electron chi connectivity index (χ3n) is 3.58. The fourth-order valence-corrected chi connectivity index (χ4v) is 2.83. The Labute approximate surface area is 154 Å². The molecule has 9 heteroatoms. The van der Waals surface area contributed by atoms with Crippen LogP contribution in [0.5, 0.6) is 0 Å². The zero-order valence-electron chi connectivity index (χ0n) is 15.3. The average Bonchev–Trinajstić information content (AvgIpc) is 3.12. The van der Waals surface area contributed by atoms with Crippen molar-refractivity contribution in [2.75, 3.05) is 25.9 Å². The quantitative estimate of drug-likeness (QED) is 0.362. The van der Waals surface area contributed by atoms with Crippen LogP contribution in [-0.4, -0.2) is 50.0 Å². The summed E-state index contributed by atoms with van der Waals surface area (Å²) in [5.41, 5.74) is 2.08. The predicted molar refractivity (Wildman–Crippen MR) is 104 cm³/mol. The Balaban J connectivity index is 2.02. The van der Waals surface area contributed by atoms with Crippen molar-refractivity contribution in [3.8, 4) is 5.69 Å².